The van der Waals surface area contributed by atoms with Crippen LogP contribution in [0.2, 0.25) is 0 Å². The van der Waals surface area contributed by atoms with E-state index >= 15 is 0 Å². The Bertz CT molecular complexity index is 266. The van der Waals surface area contributed by atoms with Crippen molar-refractivity contribution in [1.82, 2.24) is 9.55 Å². The fraction of sp³-hybridized carbons (Fsp3) is 0.333. The number of fused-ring (bicyclic) bond motifs is 1. The van der Waals surface area contributed by atoms with Gasteiger partial charge in [0.15, 0.2) is 0 Å². The molecule has 0 radical (unpaired) electrons. The molecule has 4 nitrogen and oxygen atoms in total. The van der Waals surface area contributed by atoms with Crippen LogP contribution < -0.4 is 0 Å². The smallest absolute Gasteiger partial charge is 0.374 e. The fourth-order valence-electron chi connectivity index (χ4n) is 0.981. The van der Waals surface area contributed by atoms with Gasteiger partial charge in [-0.3, -0.25) is 0 Å². The quantitative estimate of drug-likeness (QED) is 0.476. The molecule has 0 saturated carbocycles. The molecule has 0 bridgehead atoms. The zero-order chi connectivity index (χ0) is 6.97. The number of aromatic nitrogens is 2. The molecule has 0 fully saturated rings. The average molecular weight is 138 g/mol. The van der Waals surface area contributed by atoms with Crippen molar-refractivity contribution in [2.24, 2.45) is 0 Å². The van der Waals surface area contributed by atoms with E-state index in [2.05, 4.69) is 4.98 Å². The van der Waals surface area contributed by atoms with Gasteiger partial charge >= 0.3 is 5.97 Å². The highest BCUT2D eigenvalue weighted by atomic mass is 16.5. The molecule has 0 amide bonds. The molecule has 0 atom stereocenters. The van der Waals surface area contributed by atoms with Gasteiger partial charge in [-0.25, -0.2) is 9.78 Å². The van der Waals surface area contributed by atoms with E-state index in [4.69, 9.17) is 4.74 Å². The predicted molar refractivity (Wildman–Crippen MR) is 32.5 cm³/mol. The van der Waals surface area contributed by atoms with Crippen LogP contribution in [0.3, 0.4) is 0 Å². The molecule has 2 heterocycles. The fourth-order valence-corrected chi connectivity index (χ4v) is 0.981. The van der Waals surface area contributed by atoms with E-state index in [1.807, 2.05) is 0 Å². The van der Waals surface area contributed by atoms with Crippen molar-refractivity contribution >= 4 is 5.97 Å². The number of esters is 1. The first kappa shape index (κ1) is 5.46. The Morgan fingerprint density at radius 1 is 1.70 bits per heavy atom. The minimum atomic E-state index is -0.323. The van der Waals surface area contributed by atoms with E-state index in [0.29, 0.717) is 12.4 Å². The molecule has 0 aromatic carbocycles. The van der Waals surface area contributed by atoms with E-state index in [1.165, 1.54) is 0 Å². The number of hydrogen-bond acceptors (Lipinski definition) is 3. The van der Waals surface area contributed by atoms with Gasteiger partial charge in [0, 0.05) is 12.4 Å². The Kier molecular flexibility index (Phi) is 1.00. The minimum absolute atomic E-state index is 0.323. The van der Waals surface area contributed by atoms with Gasteiger partial charge in [0.05, 0.1) is 6.54 Å². The van der Waals surface area contributed by atoms with Gasteiger partial charge in [-0.1, -0.05) is 0 Å². The second kappa shape index (κ2) is 1.83. The molecule has 2 rings (SSSR count). The van der Waals surface area contributed by atoms with Crippen LogP contribution in [-0.4, -0.2) is 22.1 Å². The molecule has 1 aliphatic heterocycles. The molecule has 0 unspecified atom stereocenters. The molecule has 52 valence electrons. The maximum Gasteiger partial charge on any atom is 0.374 e. The van der Waals surface area contributed by atoms with Gasteiger partial charge < -0.3 is 9.30 Å². The number of rotatable bonds is 0. The first-order valence-corrected chi connectivity index (χ1v) is 3.06. The average Bonchev–Trinajstić information content (AvgIpc) is 2.36. The van der Waals surface area contributed by atoms with Gasteiger partial charge in [-0.05, 0) is 0 Å². The van der Waals surface area contributed by atoms with Crippen molar-refractivity contribution in [1.29, 1.82) is 0 Å². The van der Waals surface area contributed by atoms with Crippen LogP contribution in [0.15, 0.2) is 12.4 Å². The molecule has 0 N–H and O–H groups in total. The van der Waals surface area contributed by atoms with Crippen LogP contribution in [0.4, 0.5) is 0 Å². The van der Waals surface area contributed by atoms with Crippen LogP contribution in [0.1, 0.15) is 10.6 Å². The zero-order valence-electron chi connectivity index (χ0n) is 5.28. The van der Waals surface area contributed by atoms with Gasteiger partial charge in [-0.15, -0.1) is 0 Å². The minimum Gasteiger partial charge on any atom is -0.458 e. The van der Waals surface area contributed by atoms with Crippen molar-refractivity contribution in [3.63, 3.8) is 0 Å². The maximum absolute atomic E-state index is 10.8. The highest BCUT2D eigenvalue weighted by molar-refractivity contribution is 5.85. The molecule has 0 spiro atoms. The molecule has 4 heteroatoms. The summed E-state index contributed by atoms with van der Waals surface area (Å²) in [6.07, 6.45) is 3.37. The highest BCUT2D eigenvalue weighted by Gasteiger charge is 2.18. The Labute approximate surface area is 57.4 Å². The lowest BCUT2D eigenvalue weighted by molar-refractivity contribution is 0.0413. The third-order valence-electron chi connectivity index (χ3n) is 1.46. The highest BCUT2D eigenvalue weighted by Crippen LogP contribution is 2.05. The molecule has 1 aromatic rings. The van der Waals surface area contributed by atoms with Crippen LogP contribution in [-0.2, 0) is 11.3 Å². The monoisotopic (exact) mass is 138 g/mol. The number of cyclic esters (lactones) is 1. The largest absolute Gasteiger partial charge is 0.458 e. The second-order valence-electron chi connectivity index (χ2n) is 2.08. The van der Waals surface area contributed by atoms with Crippen LogP contribution in [0, 0.1) is 0 Å². The molecule has 0 aliphatic carbocycles. The summed E-state index contributed by atoms with van der Waals surface area (Å²) in [7, 11) is 0. The summed E-state index contributed by atoms with van der Waals surface area (Å²) in [6, 6.07) is 0. The predicted octanol–water partition coefficient (Wildman–Crippen LogP) is 0.0535. The first-order valence-electron chi connectivity index (χ1n) is 3.06. The van der Waals surface area contributed by atoms with E-state index in [1.54, 1.807) is 17.0 Å². The third-order valence-corrected chi connectivity index (χ3v) is 1.46. The Morgan fingerprint density at radius 2 is 2.60 bits per heavy atom. The zero-order valence-corrected chi connectivity index (χ0v) is 5.28. The lowest BCUT2D eigenvalue weighted by atomic mass is 10.5. The Balaban J connectivity index is 2.50. The summed E-state index contributed by atoms with van der Waals surface area (Å²) in [5, 5.41) is 0. The summed E-state index contributed by atoms with van der Waals surface area (Å²) in [4.78, 5) is 14.7. The van der Waals surface area contributed by atoms with Gasteiger partial charge in [0.2, 0.25) is 5.82 Å². The van der Waals surface area contributed by atoms with Crippen LogP contribution in [0.25, 0.3) is 0 Å². The summed E-state index contributed by atoms with van der Waals surface area (Å²) in [5.41, 5.74) is 0. The maximum atomic E-state index is 10.8. The van der Waals surface area contributed by atoms with Gasteiger partial charge in [0.1, 0.15) is 6.61 Å². The molecular weight excluding hydrogens is 132 g/mol. The summed E-state index contributed by atoms with van der Waals surface area (Å²) in [6.45, 7) is 1.18. The standard InChI is InChI=1S/C6H6N2O2/c9-6-5-7-1-2-8(5)3-4-10-6/h1-2H,3-4H2. The Morgan fingerprint density at radius 3 is 3.40 bits per heavy atom. The molecule has 1 aromatic heterocycles. The Hall–Kier alpha value is -1.32. The van der Waals surface area contributed by atoms with Crippen molar-refractivity contribution < 1.29 is 9.53 Å². The lowest BCUT2D eigenvalue weighted by Crippen LogP contribution is -2.22. The third kappa shape index (κ3) is 0.618. The number of imidazole rings is 1. The van der Waals surface area contributed by atoms with E-state index < -0.39 is 0 Å². The SMILES string of the molecule is O=C1OCCn2ccnc21. The number of nitrogens with zero attached hydrogens (tertiary/aromatic N) is 2. The van der Waals surface area contributed by atoms with Gasteiger partial charge in [0.25, 0.3) is 0 Å². The lowest BCUT2D eigenvalue weighted by Gasteiger charge is -2.12. The summed E-state index contributed by atoms with van der Waals surface area (Å²) >= 11 is 0. The van der Waals surface area contributed by atoms with Crippen LogP contribution in [0.5, 0.6) is 0 Å². The van der Waals surface area contributed by atoms with Crippen molar-refractivity contribution in [2.75, 3.05) is 6.61 Å². The first-order chi connectivity index (χ1) is 4.88. The molecular formula is C6H6N2O2. The number of hydrogen-bond donors (Lipinski definition) is 0. The number of ether oxygens (including phenoxy) is 1. The number of carbonyl (C=O) groups is 1. The molecule has 1 aliphatic rings. The molecule has 0 saturated heterocycles. The normalized spacial score (nSPS) is 16.2. The van der Waals surface area contributed by atoms with Crippen LogP contribution >= 0.6 is 0 Å². The van der Waals surface area contributed by atoms with E-state index in [-0.39, 0.29) is 5.97 Å². The van der Waals surface area contributed by atoms with E-state index in [9.17, 15) is 4.79 Å². The number of carbonyl (C=O) groups excluding carboxylic acids is 1. The van der Waals surface area contributed by atoms with E-state index in [0.717, 1.165) is 6.54 Å². The second-order valence-corrected chi connectivity index (χ2v) is 2.08. The molecule has 10 heavy (non-hydrogen) atoms. The van der Waals surface area contributed by atoms with Gasteiger partial charge in [-0.2, -0.15) is 0 Å². The summed E-state index contributed by atoms with van der Waals surface area (Å²) < 4.78 is 6.52. The van der Waals surface area contributed by atoms with Crippen molar-refractivity contribution in [3.05, 3.63) is 18.2 Å². The van der Waals surface area contributed by atoms with Crippen molar-refractivity contribution in [3.8, 4) is 0 Å². The topological polar surface area (TPSA) is 44.1 Å². The summed E-state index contributed by atoms with van der Waals surface area (Å²) in [5.74, 6) is 0.0856. The van der Waals surface area contributed by atoms with Crippen molar-refractivity contribution in [2.45, 2.75) is 6.54 Å².